The number of nitrogens with one attached hydrogen (secondary N) is 1. The molecule has 4 aromatic rings. The van der Waals surface area contributed by atoms with Crippen molar-refractivity contribution in [3.8, 4) is 28.5 Å². The number of rotatable bonds is 11. The third-order valence-electron chi connectivity index (χ3n) is 6.34. The second-order valence-electron chi connectivity index (χ2n) is 10.9. The van der Waals surface area contributed by atoms with Crippen LogP contribution in [0.4, 0.5) is 23.7 Å². The van der Waals surface area contributed by atoms with Gasteiger partial charge in [-0.3, -0.25) is 14.2 Å². The summed E-state index contributed by atoms with van der Waals surface area (Å²) in [6.07, 6.45) is -2.04. The maximum Gasteiger partial charge on any atom is 0.512 e. The van der Waals surface area contributed by atoms with Gasteiger partial charge in [0.05, 0.1) is 30.8 Å². The zero-order chi connectivity index (χ0) is 33.8. The van der Waals surface area contributed by atoms with Crippen LogP contribution < -0.4 is 25.1 Å². The van der Waals surface area contributed by atoms with E-state index in [1.807, 2.05) is 20.8 Å². The zero-order valence-corrected chi connectivity index (χ0v) is 25.8. The number of carboxylic acid groups (broad SMARTS) is 1. The number of halogens is 4. The number of pyridine rings is 2. The molecule has 1 unspecified atom stereocenters. The van der Waals surface area contributed by atoms with Crippen molar-refractivity contribution in [1.29, 1.82) is 0 Å². The fraction of sp³-hybridized carbons (Fsp3) is 0.333. The number of carbonyl (C=O) groups excluding carboxylic acids is 1. The van der Waals surface area contributed by atoms with E-state index in [-0.39, 0.29) is 46.6 Å². The number of alkyl halides is 3. The summed E-state index contributed by atoms with van der Waals surface area (Å²) in [4.78, 5) is 42.2. The van der Waals surface area contributed by atoms with Gasteiger partial charge in [-0.15, -0.1) is 0 Å². The van der Waals surface area contributed by atoms with Crippen LogP contribution in [-0.4, -0.2) is 63.2 Å². The van der Waals surface area contributed by atoms with Crippen molar-refractivity contribution in [2.75, 3.05) is 25.6 Å². The lowest BCUT2D eigenvalue weighted by molar-refractivity contribution is -0.153. The summed E-state index contributed by atoms with van der Waals surface area (Å²) in [6, 6.07) is 6.98. The monoisotopic (exact) mass is 666 g/mol. The Morgan fingerprint density at radius 1 is 1.04 bits per heavy atom. The first kappa shape index (κ1) is 34.1. The number of imidazole rings is 1. The van der Waals surface area contributed by atoms with Gasteiger partial charge in [0.2, 0.25) is 11.8 Å². The molecule has 46 heavy (non-hydrogen) atoms. The molecule has 1 aromatic carbocycles. The van der Waals surface area contributed by atoms with Gasteiger partial charge >= 0.3 is 12.3 Å². The molecule has 0 spiro atoms. The predicted molar refractivity (Wildman–Crippen MR) is 161 cm³/mol. The first-order valence-electron chi connectivity index (χ1n) is 13.7. The largest absolute Gasteiger partial charge is 0.512 e. The van der Waals surface area contributed by atoms with Crippen molar-refractivity contribution in [3.63, 3.8) is 0 Å². The topological polar surface area (TPSA) is 143 Å². The lowest BCUT2D eigenvalue weighted by atomic mass is 10.0. The van der Waals surface area contributed by atoms with E-state index in [1.54, 1.807) is 0 Å². The Kier molecular flexibility index (Phi) is 10.2. The number of hydrogen-bond donors (Lipinski definition) is 2. The van der Waals surface area contributed by atoms with Gasteiger partial charge in [0, 0.05) is 41.4 Å². The van der Waals surface area contributed by atoms with Crippen LogP contribution in [0.15, 0.2) is 59.8 Å². The fourth-order valence-electron chi connectivity index (χ4n) is 4.42. The van der Waals surface area contributed by atoms with Crippen LogP contribution in [0.25, 0.3) is 16.8 Å². The average Bonchev–Trinajstić information content (AvgIpc) is 3.34. The molecule has 0 radical (unpaired) electrons. The highest BCUT2D eigenvalue weighted by atomic mass is 35.5. The summed E-state index contributed by atoms with van der Waals surface area (Å²) < 4.78 is 62.3. The van der Waals surface area contributed by atoms with Crippen molar-refractivity contribution in [3.05, 3.63) is 70.4 Å². The molecule has 1 amide bonds. The third-order valence-corrected chi connectivity index (χ3v) is 6.58. The van der Waals surface area contributed by atoms with E-state index in [4.69, 9.17) is 30.9 Å². The van der Waals surface area contributed by atoms with Crippen LogP contribution in [0.1, 0.15) is 33.2 Å². The zero-order valence-electron chi connectivity index (χ0n) is 25.1. The van der Waals surface area contributed by atoms with Gasteiger partial charge in [0.1, 0.15) is 23.2 Å². The number of amides is 1. The normalized spacial score (nSPS) is 12.5. The number of hydrogen-bond acceptors (Lipinski definition) is 8. The third kappa shape index (κ3) is 8.91. The Bertz CT molecular complexity index is 1800. The second-order valence-corrected chi connectivity index (χ2v) is 11.4. The Balaban J connectivity index is 1.71. The first-order chi connectivity index (χ1) is 21.5. The molecule has 0 fully saturated rings. The Hall–Kier alpha value is -4.76. The number of aromatic nitrogens is 3. The highest BCUT2D eigenvalue weighted by Gasteiger charge is 2.30. The van der Waals surface area contributed by atoms with E-state index in [0.717, 1.165) is 10.6 Å². The molecule has 2 N–H and O–H groups in total. The quantitative estimate of drug-likeness (QED) is 0.179. The molecule has 1 atom stereocenters. The SMILES string of the molecule is COc1cn(C(CCOC(C)(C)C)C(=O)Nc2ccc3nc(OC(=O)O)cn3c2)c(=O)cc1-c1cc(Cl)ccc1OCC(F)(F)F. The van der Waals surface area contributed by atoms with Crippen molar-refractivity contribution < 1.29 is 46.8 Å². The number of nitrogens with zero attached hydrogens (tertiary/aromatic N) is 3. The predicted octanol–water partition coefficient (Wildman–Crippen LogP) is 6.21. The van der Waals surface area contributed by atoms with Gasteiger partial charge in [-0.2, -0.15) is 18.2 Å². The fourth-order valence-corrected chi connectivity index (χ4v) is 4.60. The number of benzene rings is 1. The molecule has 3 heterocycles. The van der Waals surface area contributed by atoms with E-state index in [0.29, 0.717) is 11.3 Å². The van der Waals surface area contributed by atoms with Crippen molar-refractivity contribution >= 4 is 35.0 Å². The maximum absolute atomic E-state index is 13.7. The molecule has 246 valence electrons. The minimum absolute atomic E-state index is 0.0482. The lowest BCUT2D eigenvalue weighted by Gasteiger charge is -2.24. The van der Waals surface area contributed by atoms with Gasteiger partial charge in [0.15, 0.2) is 6.61 Å². The summed E-state index contributed by atoms with van der Waals surface area (Å²) in [5.41, 5.74) is -0.405. The molecule has 0 aliphatic rings. The standard InChI is InChI=1S/C30H30ClF3N4O8/c1-29(2,3)45-10-9-21(27(40)35-18-6-8-24-36-25(46-28(41)42)15-37(24)13-18)38-14-23(43-4)20(12-26(38)39)19-11-17(31)5-7-22(19)44-16-30(32,33)34/h5-8,11-15,21H,9-10,16H2,1-4H3,(H,35,40)(H,41,42). The van der Waals surface area contributed by atoms with Crippen LogP contribution in [0.5, 0.6) is 17.4 Å². The molecule has 0 bridgehead atoms. The van der Waals surface area contributed by atoms with Crippen LogP contribution in [-0.2, 0) is 9.53 Å². The molecule has 0 aliphatic heterocycles. The molecule has 12 nitrogen and oxygen atoms in total. The van der Waals surface area contributed by atoms with E-state index in [2.05, 4.69) is 15.0 Å². The molecule has 0 saturated heterocycles. The van der Waals surface area contributed by atoms with Crippen molar-refractivity contribution in [2.45, 2.75) is 45.0 Å². The Labute approximate surface area is 265 Å². The number of carbonyl (C=O) groups is 2. The number of methoxy groups -OCH3 is 1. The summed E-state index contributed by atoms with van der Waals surface area (Å²) >= 11 is 6.14. The molecule has 4 rings (SSSR count). The lowest BCUT2D eigenvalue weighted by Crippen LogP contribution is -2.34. The van der Waals surface area contributed by atoms with Crippen molar-refractivity contribution in [1.82, 2.24) is 14.0 Å². The van der Waals surface area contributed by atoms with Crippen LogP contribution in [0.3, 0.4) is 0 Å². The first-order valence-corrected chi connectivity index (χ1v) is 14.0. The minimum Gasteiger partial charge on any atom is -0.495 e. The maximum atomic E-state index is 13.7. The number of anilines is 1. The average molecular weight is 667 g/mol. The van der Waals surface area contributed by atoms with Gasteiger partial charge in [-0.1, -0.05) is 11.6 Å². The van der Waals surface area contributed by atoms with Crippen LogP contribution in [0, 0.1) is 0 Å². The van der Waals surface area contributed by atoms with Gasteiger partial charge in [-0.05, 0) is 51.1 Å². The van der Waals surface area contributed by atoms with E-state index >= 15 is 0 Å². The summed E-state index contributed by atoms with van der Waals surface area (Å²) in [5, 5.41) is 11.8. The highest BCUT2D eigenvalue weighted by Crippen LogP contribution is 2.38. The number of fused-ring (bicyclic) bond motifs is 1. The van der Waals surface area contributed by atoms with Crippen molar-refractivity contribution in [2.24, 2.45) is 0 Å². The summed E-state index contributed by atoms with van der Waals surface area (Å²) in [5.74, 6) is -0.901. The molecule has 3 aromatic heterocycles. The Morgan fingerprint density at radius 3 is 2.41 bits per heavy atom. The highest BCUT2D eigenvalue weighted by molar-refractivity contribution is 6.31. The minimum atomic E-state index is -4.61. The molecular formula is C30H30ClF3N4O8. The molecule has 0 aliphatic carbocycles. The Morgan fingerprint density at radius 2 is 1.76 bits per heavy atom. The van der Waals surface area contributed by atoms with Gasteiger partial charge < -0.3 is 33.8 Å². The second kappa shape index (κ2) is 13.7. The van der Waals surface area contributed by atoms with E-state index in [1.165, 1.54) is 60.4 Å². The van der Waals surface area contributed by atoms with Gasteiger partial charge in [-0.25, -0.2) is 4.79 Å². The molecular weight excluding hydrogens is 637 g/mol. The van der Waals surface area contributed by atoms with Gasteiger partial charge in [0.25, 0.3) is 5.56 Å². The number of ether oxygens (including phenoxy) is 4. The summed E-state index contributed by atoms with van der Waals surface area (Å²) in [6.45, 7) is 4.00. The van der Waals surface area contributed by atoms with Crippen LogP contribution in [0.2, 0.25) is 5.02 Å². The van der Waals surface area contributed by atoms with E-state index < -0.39 is 42.0 Å². The molecule has 0 saturated carbocycles. The summed E-state index contributed by atoms with van der Waals surface area (Å²) in [7, 11) is 1.30. The van der Waals surface area contributed by atoms with E-state index in [9.17, 15) is 27.6 Å². The smallest absolute Gasteiger partial charge is 0.495 e. The molecule has 16 heteroatoms. The van der Waals surface area contributed by atoms with Crippen LogP contribution >= 0.6 is 11.6 Å².